The number of anilines is 1. The summed E-state index contributed by atoms with van der Waals surface area (Å²) in [6.45, 7) is 5.58. The molecule has 2 aromatic carbocycles. The number of hydrogen-bond donors (Lipinski definition) is 1. The number of urea groups is 1. The van der Waals surface area contributed by atoms with Gasteiger partial charge < -0.3 is 19.7 Å². The normalized spacial score (nSPS) is 15.1. The van der Waals surface area contributed by atoms with E-state index < -0.39 is 11.8 Å². The van der Waals surface area contributed by atoms with E-state index >= 15 is 0 Å². The molecule has 0 radical (unpaired) electrons. The third-order valence-corrected chi connectivity index (χ3v) is 6.32. The van der Waals surface area contributed by atoms with Crippen LogP contribution in [0.5, 0.6) is 0 Å². The van der Waals surface area contributed by atoms with Crippen molar-refractivity contribution >= 4 is 29.2 Å². The van der Waals surface area contributed by atoms with Gasteiger partial charge in [-0.05, 0) is 49.2 Å². The molecule has 1 atom stereocenters. The van der Waals surface area contributed by atoms with E-state index in [1.54, 1.807) is 0 Å². The van der Waals surface area contributed by atoms with Gasteiger partial charge in [-0.2, -0.15) is 0 Å². The van der Waals surface area contributed by atoms with Crippen molar-refractivity contribution in [2.45, 2.75) is 32.9 Å². The lowest BCUT2D eigenvalue weighted by Gasteiger charge is -2.38. The first kappa shape index (κ1) is 23.8. The molecule has 1 unspecified atom stereocenters. The molecule has 0 aliphatic carbocycles. The Morgan fingerprint density at radius 1 is 1.15 bits per heavy atom. The van der Waals surface area contributed by atoms with Gasteiger partial charge in [0.1, 0.15) is 12.4 Å². The quantitative estimate of drug-likeness (QED) is 0.507. The van der Waals surface area contributed by atoms with Crippen LogP contribution >= 0.6 is 11.6 Å². The number of fused-ring (bicyclic) bond motifs is 1. The van der Waals surface area contributed by atoms with E-state index in [1.165, 1.54) is 23.1 Å². The smallest absolute Gasteiger partial charge is 0.322 e. The number of amides is 3. The van der Waals surface area contributed by atoms with Gasteiger partial charge in [0.15, 0.2) is 0 Å². The van der Waals surface area contributed by atoms with E-state index in [-0.39, 0.29) is 23.5 Å². The fraction of sp³-hybridized carbons (Fsp3) is 0.308. The van der Waals surface area contributed by atoms with Gasteiger partial charge in [-0.25, -0.2) is 9.18 Å². The van der Waals surface area contributed by atoms with E-state index in [0.29, 0.717) is 31.7 Å². The molecule has 1 N–H and O–H groups in total. The number of halogens is 2. The zero-order valence-electron chi connectivity index (χ0n) is 19.3. The van der Waals surface area contributed by atoms with Gasteiger partial charge in [-0.15, -0.1) is 0 Å². The van der Waals surface area contributed by atoms with Crippen molar-refractivity contribution in [3.63, 3.8) is 0 Å². The van der Waals surface area contributed by atoms with E-state index in [2.05, 4.69) is 22.0 Å². The molecular formula is C26H28ClFN4O2. The van der Waals surface area contributed by atoms with Gasteiger partial charge in [-0.1, -0.05) is 48.4 Å². The fourth-order valence-corrected chi connectivity index (χ4v) is 4.48. The van der Waals surface area contributed by atoms with Crippen LogP contribution in [0, 0.1) is 12.7 Å². The maximum atomic E-state index is 13.5. The molecule has 6 nitrogen and oxygen atoms in total. The molecule has 0 fully saturated rings. The number of nitrogens with zero attached hydrogens (tertiary/aromatic N) is 3. The number of aromatic nitrogens is 1. The molecule has 0 saturated heterocycles. The number of carbonyl (C=O) groups excluding carboxylic acids is 2. The minimum absolute atomic E-state index is 0.0579. The molecule has 1 aliphatic rings. The van der Waals surface area contributed by atoms with E-state index in [0.717, 1.165) is 16.8 Å². The molecule has 3 aromatic rings. The van der Waals surface area contributed by atoms with Crippen molar-refractivity contribution < 1.29 is 14.0 Å². The minimum Gasteiger partial charge on any atom is -0.348 e. The molecule has 0 spiro atoms. The molecule has 178 valence electrons. The Labute approximate surface area is 203 Å². The standard InChI is InChI=1S/C26H28ClFN4O2/c1-3-12-31(26(34)29-20-10-11-22(28)21(27)16-20)17-24(33)32-15-14-30-13-4-5-23(30)25(32)19-8-6-18(2)7-9-19/h4-11,13,16,25H,3,12,14-15,17H2,1-2H3,(H,29,34). The van der Waals surface area contributed by atoms with Gasteiger partial charge in [-0.3, -0.25) is 4.79 Å². The summed E-state index contributed by atoms with van der Waals surface area (Å²) in [7, 11) is 0. The summed E-state index contributed by atoms with van der Waals surface area (Å²) in [5, 5.41) is 2.65. The number of hydrogen-bond acceptors (Lipinski definition) is 2. The highest BCUT2D eigenvalue weighted by Gasteiger charge is 2.33. The lowest BCUT2D eigenvalue weighted by atomic mass is 9.98. The van der Waals surface area contributed by atoms with Crippen LogP contribution in [0.4, 0.5) is 14.9 Å². The van der Waals surface area contributed by atoms with Crippen molar-refractivity contribution in [3.05, 3.63) is 88.5 Å². The molecule has 0 saturated carbocycles. The second-order valence-electron chi connectivity index (χ2n) is 8.51. The monoisotopic (exact) mass is 482 g/mol. The highest BCUT2D eigenvalue weighted by molar-refractivity contribution is 6.31. The summed E-state index contributed by atoms with van der Waals surface area (Å²) in [6, 6.07) is 15.6. The van der Waals surface area contributed by atoms with Crippen molar-refractivity contribution in [1.29, 1.82) is 0 Å². The molecule has 0 bridgehead atoms. The average molecular weight is 483 g/mol. The summed E-state index contributed by atoms with van der Waals surface area (Å²) in [4.78, 5) is 29.8. The van der Waals surface area contributed by atoms with Crippen LogP contribution in [0.3, 0.4) is 0 Å². The molecular weight excluding hydrogens is 455 g/mol. The second-order valence-corrected chi connectivity index (χ2v) is 8.91. The third kappa shape index (κ3) is 5.09. The predicted molar refractivity (Wildman–Crippen MR) is 131 cm³/mol. The van der Waals surface area contributed by atoms with E-state index in [9.17, 15) is 14.0 Å². The van der Waals surface area contributed by atoms with Crippen LogP contribution in [0.2, 0.25) is 5.02 Å². The third-order valence-electron chi connectivity index (χ3n) is 6.03. The predicted octanol–water partition coefficient (Wildman–Crippen LogP) is 5.46. The van der Waals surface area contributed by atoms with Crippen molar-refractivity contribution in [2.24, 2.45) is 0 Å². The zero-order chi connectivity index (χ0) is 24.2. The second kappa shape index (κ2) is 10.3. The SMILES string of the molecule is CCCN(CC(=O)N1CCn2cccc2C1c1ccc(C)cc1)C(=O)Nc1ccc(F)c(Cl)c1. The topological polar surface area (TPSA) is 57.6 Å². The summed E-state index contributed by atoms with van der Waals surface area (Å²) >= 11 is 5.84. The van der Waals surface area contributed by atoms with Gasteiger partial charge in [0, 0.05) is 37.2 Å². The summed E-state index contributed by atoms with van der Waals surface area (Å²) in [6.07, 6.45) is 2.72. The summed E-state index contributed by atoms with van der Waals surface area (Å²) in [5.74, 6) is -0.684. The Bertz CT molecular complexity index is 1180. The number of benzene rings is 2. The van der Waals surface area contributed by atoms with Gasteiger partial charge in [0.2, 0.25) is 5.91 Å². The van der Waals surface area contributed by atoms with Gasteiger partial charge >= 0.3 is 6.03 Å². The highest BCUT2D eigenvalue weighted by atomic mass is 35.5. The van der Waals surface area contributed by atoms with Crippen LogP contribution < -0.4 is 5.32 Å². The van der Waals surface area contributed by atoms with Crippen LogP contribution in [0.25, 0.3) is 0 Å². The van der Waals surface area contributed by atoms with E-state index in [4.69, 9.17) is 11.6 Å². The van der Waals surface area contributed by atoms with Crippen LogP contribution in [-0.2, 0) is 11.3 Å². The molecule has 2 heterocycles. The van der Waals surface area contributed by atoms with Crippen molar-refractivity contribution in [3.8, 4) is 0 Å². The number of nitrogens with one attached hydrogen (secondary N) is 1. The fourth-order valence-electron chi connectivity index (χ4n) is 4.30. The molecule has 8 heteroatoms. The Kier molecular flexibility index (Phi) is 7.22. The molecule has 3 amide bonds. The van der Waals surface area contributed by atoms with Crippen LogP contribution in [0.1, 0.15) is 36.2 Å². The van der Waals surface area contributed by atoms with Gasteiger partial charge in [0.25, 0.3) is 0 Å². The Morgan fingerprint density at radius 2 is 1.91 bits per heavy atom. The van der Waals surface area contributed by atoms with Gasteiger partial charge in [0.05, 0.1) is 11.1 Å². The van der Waals surface area contributed by atoms with Crippen molar-refractivity contribution in [1.82, 2.24) is 14.4 Å². The minimum atomic E-state index is -0.558. The van der Waals surface area contributed by atoms with Crippen molar-refractivity contribution in [2.75, 3.05) is 25.0 Å². The first-order valence-electron chi connectivity index (χ1n) is 11.4. The Hall–Kier alpha value is -3.32. The number of aryl methyl sites for hydroxylation is 1. The molecule has 4 rings (SSSR count). The lowest BCUT2D eigenvalue weighted by Crippen LogP contribution is -2.48. The van der Waals surface area contributed by atoms with E-state index in [1.807, 2.05) is 49.2 Å². The highest BCUT2D eigenvalue weighted by Crippen LogP contribution is 2.32. The zero-order valence-corrected chi connectivity index (χ0v) is 20.1. The maximum absolute atomic E-state index is 13.5. The largest absolute Gasteiger partial charge is 0.348 e. The molecule has 34 heavy (non-hydrogen) atoms. The maximum Gasteiger partial charge on any atom is 0.322 e. The van der Waals surface area contributed by atoms with Crippen LogP contribution in [0.15, 0.2) is 60.8 Å². The summed E-state index contributed by atoms with van der Waals surface area (Å²) in [5.41, 5.74) is 3.61. The lowest BCUT2D eigenvalue weighted by molar-refractivity contribution is -0.134. The Balaban J connectivity index is 1.54. The number of rotatable bonds is 6. The first-order chi connectivity index (χ1) is 16.4. The Morgan fingerprint density at radius 3 is 2.62 bits per heavy atom. The molecule has 1 aromatic heterocycles. The average Bonchev–Trinajstić information content (AvgIpc) is 3.30. The summed E-state index contributed by atoms with van der Waals surface area (Å²) < 4.78 is 15.6. The molecule has 1 aliphatic heterocycles. The first-order valence-corrected chi connectivity index (χ1v) is 11.8. The van der Waals surface area contributed by atoms with Crippen LogP contribution in [-0.4, -0.2) is 45.9 Å². The number of carbonyl (C=O) groups is 2.